The predicted molar refractivity (Wildman–Crippen MR) is 106 cm³/mol. The van der Waals surface area contributed by atoms with E-state index in [0.717, 1.165) is 6.42 Å². The molecule has 2 aliphatic rings. The quantitative estimate of drug-likeness (QED) is 0.529. The molecular formula is C20H21BrN2O5. The highest BCUT2D eigenvalue weighted by atomic mass is 79.9. The van der Waals surface area contributed by atoms with Gasteiger partial charge in [0.25, 0.3) is 0 Å². The molecule has 0 bridgehead atoms. The van der Waals surface area contributed by atoms with Crippen molar-refractivity contribution >= 4 is 39.3 Å². The molecule has 0 saturated heterocycles. The SMILES string of the molecule is CCCCOC(=O)C1=C(N)OC(C)=C(C(C)=O)[C@]12C(=O)Nc1ccc(Br)cc12. The van der Waals surface area contributed by atoms with Gasteiger partial charge >= 0.3 is 5.97 Å². The molecule has 28 heavy (non-hydrogen) atoms. The molecule has 1 aromatic rings. The molecule has 1 aromatic carbocycles. The largest absolute Gasteiger partial charge is 0.462 e. The highest BCUT2D eigenvalue weighted by Gasteiger charge is 2.60. The second-order valence-corrected chi connectivity index (χ2v) is 7.63. The van der Waals surface area contributed by atoms with Gasteiger partial charge < -0.3 is 20.5 Å². The number of ether oxygens (including phenoxy) is 2. The zero-order valence-corrected chi connectivity index (χ0v) is 17.4. The van der Waals surface area contributed by atoms with Crippen molar-refractivity contribution in [2.45, 2.75) is 39.0 Å². The van der Waals surface area contributed by atoms with Gasteiger partial charge in [0.1, 0.15) is 16.7 Å². The number of allylic oxidation sites excluding steroid dienone is 1. The second kappa shape index (κ2) is 7.43. The number of nitrogens with two attached hydrogens (primary N) is 1. The number of rotatable bonds is 5. The standard InChI is InChI=1S/C20H21BrN2O5/c1-4-5-8-27-18(25)16-17(22)28-11(3)15(10(2)24)20(16)13-9-12(21)6-7-14(13)23-19(20)26/h6-7,9H,4-5,8,22H2,1-3H3,(H,23,26)/t20-/m0/s1. The summed E-state index contributed by atoms with van der Waals surface area (Å²) in [5.74, 6) is -1.78. The summed E-state index contributed by atoms with van der Waals surface area (Å²) < 4.78 is 11.5. The molecule has 3 N–H and O–H groups in total. The van der Waals surface area contributed by atoms with Gasteiger partial charge in [-0.3, -0.25) is 9.59 Å². The maximum absolute atomic E-state index is 13.3. The molecule has 1 spiro atoms. The molecule has 0 aliphatic carbocycles. The first-order valence-corrected chi connectivity index (χ1v) is 9.73. The van der Waals surface area contributed by atoms with Gasteiger partial charge in [-0.2, -0.15) is 0 Å². The molecule has 2 aliphatic heterocycles. The summed E-state index contributed by atoms with van der Waals surface area (Å²) in [7, 11) is 0. The molecule has 0 radical (unpaired) electrons. The lowest BCUT2D eigenvalue weighted by molar-refractivity contribution is -0.141. The first-order valence-electron chi connectivity index (χ1n) is 8.94. The van der Waals surface area contributed by atoms with Crippen molar-refractivity contribution in [3.05, 3.63) is 51.0 Å². The number of hydrogen-bond acceptors (Lipinski definition) is 6. The van der Waals surface area contributed by atoms with E-state index in [1.165, 1.54) is 6.92 Å². The molecule has 1 atom stereocenters. The van der Waals surface area contributed by atoms with Gasteiger partial charge in [-0.05, 0) is 38.5 Å². The molecule has 0 unspecified atom stereocenters. The number of amides is 1. The third kappa shape index (κ3) is 2.92. The van der Waals surface area contributed by atoms with Crippen LogP contribution in [0.2, 0.25) is 0 Å². The summed E-state index contributed by atoms with van der Waals surface area (Å²) in [6.45, 7) is 5.01. The van der Waals surface area contributed by atoms with Crippen molar-refractivity contribution < 1.29 is 23.9 Å². The lowest BCUT2D eigenvalue weighted by atomic mass is 9.66. The van der Waals surface area contributed by atoms with Crippen LogP contribution in [-0.4, -0.2) is 24.3 Å². The van der Waals surface area contributed by atoms with Gasteiger partial charge in [-0.1, -0.05) is 29.3 Å². The average Bonchev–Trinajstić information content (AvgIpc) is 2.87. The van der Waals surface area contributed by atoms with E-state index in [2.05, 4.69) is 21.2 Å². The number of halogens is 1. The summed E-state index contributed by atoms with van der Waals surface area (Å²) in [4.78, 5) is 38.9. The number of nitrogens with one attached hydrogen (secondary N) is 1. The number of benzene rings is 1. The van der Waals surface area contributed by atoms with Crippen molar-refractivity contribution in [2.24, 2.45) is 5.73 Å². The normalized spacial score (nSPS) is 20.8. The Morgan fingerprint density at radius 3 is 2.68 bits per heavy atom. The van der Waals surface area contributed by atoms with E-state index in [0.29, 0.717) is 22.1 Å². The van der Waals surface area contributed by atoms with Gasteiger partial charge in [0, 0.05) is 15.7 Å². The monoisotopic (exact) mass is 448 g/mol. The third-order valence-electron chi connectivity index (χ3n) is 4.87. The van der Waals surface area contributed by atoms with Crippen LogP contribution in [0.4, 0.5) is 5.69 Å². The van der Waals surface area contributed by atoms with Crippen LogP contribution < -0.4 is 11.1 Å². The second-order valence-electron chi connectivity index (χ2n) is 6.71. The van der Waals surface area contributed by atoms with E-state index in [1.807, 2.05) is 6.92 Å². The maximum Gasteiger partial charge on any atom is 0.341 e. The number of hydrogen-bond donors (Lipinski definition) is 2. The zero-order chi connectivity index (χ0) is 20.6. The van der Waals surface area contributed by atoms with Gasteiger partial charge in [0.2, 0.25) is 11.8 Å². The Hall–Kier alpha value is -2.61. The van der Waals surface area contributed by atoms with Gasteiger partial charge in [0.15, 0.2) is 5.78 Å². The van der Waals surface area contributed by atoms with E-state index in [1.54, 1.807) is 25.1 Å². The molecule has 0 saturated carbocycles. The van der Waals surface area contributed by atoms with E-state index in [4.69, 9.17) is 15.2 Å². The Morgan fingerprint density at radius 2 is 2.04 bits per heavy atom. The number of Topliss-reactive ketones (excluding diaryl/α,β-unsaturated/α-hetero) is 1. The smallest absolute Gasteiger partial charge is 0.341 e. The first-order chi connectivity index (χ1) is 13.2. The Morgan fingerprint density at radius 1 is 1.32 bits per heavy atom. The number of ketones is 1. The van der Waals surface area contributed by atoms with E-state index in [9.17, 15) is 14.4 Å². The summed E-state index contributed by atoms with van der Waals surface area (Å²) in [5.41, 5.74) is 5.19. The van der Waals surface area contributed by atoms with Crippen molar-refractivity contribution in [1.29, 1.82) is 0 Å². The minimum absolute atomic E-state index is 0.0680. The average molecular weight is 449 g/mol. The van der Waals surface area contributed by atoms with Crippen LogP contribution in [0.1, 0.15) is 39.2 Å². The Bertz CT molecular complexity index is 950. The Balaban J connectivity index is 2.29. The van der Waals surface area contributed by atoms with Crippen LogP contribution in [-0.2, 0) is 29.3 Å². The lowest BCUT2D eigenvalue weighted by Crippen LogP contribution is -2.48. The van der Waals surface area contributed by atoms with Gasteiger partial charge in [-0.25, -0.2) is 4.79 Å². The predicted octanol–water partition coefficient (Wildman–Crippen LogP) is 3.05. The molecule has 0 aromatic heterocycles. The van der Waals surface area contributed by atoms with E-state index in [-0.39, 0.29) is 29.4 Å². The Kier molecular flexibility index (Phi) is 5.34. The zero-order valence-electron chi connectivity index (χ0n) is 15.8. The summed E-state index contributed by atoms with van der Waals surface area (Å²) in [6.07, 6.45) is 1.49. The fourth-order valence-corrected chi connectivity index (χ4v) is 4.12. The molecule has 1 amide bonds. The highest BCUT2D eigenvalue weighted by molar-refractivity contribution is 9.10. The minimum atomic E-state index is -1.72. The number of fused-ring (bicyclic) bond motifs is 2. The summed E-state index contributed by atoms with van der Waals surface area (Å²) in [5, 5.41) is 2.76. The van der Waals surface area contributed by atoms with Gasteiger partial charge in [0.05, 0.1) is 12.2 Å². The number of carbonyl (C=O) groups excluding carboxylic acids is 3. The maximum atomic E-state index is 13.3. The molecular weight excluding hydrogens is 428 g/mol. The number of esters is 1. The van der Waals surface area contributed by atoms with E-state index >= 15 is 0 Å². The van der Waals surface area contributed by atoms with Crippen LogP contribution in [0.5, 0.6) is 0 Å². The van der Waals surface area contributed by atoms with Crippen LogP contribution in [0.3, 0.4) is 0 Å². The Labute approximate surface area is 171 Å². The molecule has 8 heteroatoms. The minimum Gasteiger partial charge on any atom is -0.462 e. The van der Waals surface area contributed by atoms with Crippen LogP contribution in [0.15, 0.2) is 45.5 Å². The van der Waals surface area contributed by atoms with Crippen molar-refractivity contribution in [3.8, 4) is 0 Å². The molecule has 148 valence electrons. The molecule has 0 fully saturated rings. The molecule has 2 heterocycles. The lowest BCUT2D eigenvalue weighted by Gasteiger charge is -2.35. The highest BCUT2D eigenvalue weighted by Crippen LogP contribution is 2.52. The topological polar surface area (TPSA) is 108 Å². The third-order valence-corrected chi connectivity index (χ3v) is 5.37. The number of anilines is 1. The summed E-state index contributed by atoms with van der Waals surface area (Å²) >= 11 is 3.40. The van der Waals surface area contributed by atoms with Crippen molar-refractivity contribution in [3.63, 3.8) is 0 Å². The fourth-order valence-electron chi connectivity index (χ4n) is 3.76. The first kappa shape index (κ1) is 20.1. The fraction of sp³-hybridized carbons (Fsp3) is 0.350. The van der Waals surface area contributed by atoms with Gasteiger partial charge in [-0.15, -0.1) is 0 Å². The summed E-state index contributed by atoms with van der Waals surface area (Å²) in [6, 6.07) is 5.15. The number of unbranched alkanes of at least 4 members (excludes halogenated alkanes) is 1. The van der Waals surface area contributed by atoms with Crippen molar-refractivity contribution in [2.75, 3.05) is 11.9 Å². The van der Waals surface area contributed by atoms with Crippen LogP contribution in [0, 0.1) is 0 Å². The molecule has 3 rings (SSSR count). The van der Waals surface area contributed by atoms with E-state index < -0.39 is 23.1 Å². The van der Waals surface area contributed by atoms with Crippen molar-refractivity contribution in [1.82, 2.24) is 0 Å². The van der Waals surface area contributed by atoms with Crippen LogP contribution >= 0.6 is 15.9 Å². The number of carbonyl (C=O) groups is 3. The van der Waals surface area contributed by atoms with Crippen LogP contribution in [0.25, 0.3) is 0 Å². The molecule has 7 nitrogen and oxygen atoms in total.